The van der Waals surface area contributed by atoms with Crippen LogP contribution in [0.4, 0.5) is 4.39 Å². The van der Waals surface area contributed by atoms with Crippen molar-refractivity contribution in [2.75, 3.05) is 7.11 Å². The number of benzene rings is 2. The number of ether oxygens (including phenoxy) is 1. The Morgan fingerprint density at radius 3 is 2.45 bits per heavy atom. The molecule has 0 bridgehead atoms. The number of carboxylic acid groups (broad SMARTS) is 1. The minimum Gasteiger partial charge on any atom is -0.497 e. The minimum absolute atomic E-state index is 0.0556. The van der Waals surface area contributed by atoms with Crippen LogP contribution in [0.5, 0.6) is 5.75 Å². The van der Waals surface area contributed by atoms with E-state index in [1.54, 1.807) is 37.4 Å². The average molecular weight is 435 g/mol. The lowest BCUT2D eigenvalue weighted by molar-refractivity contribution is -0.138. The van der Waals surface area contributed by atoms with E-state index in [4.69, 9.17) is 27.8 Å². The molecule has 0 amide bonds. The summed E-state index contributed by atoms with van der Waals surface area (Å²) in [5.74, 6) is -1.64. The van der Waals surface area contributed by atoms with Crippen LogP contribution in [0.25, 0.3) is 21.8 Å². The fraction of sp³-hybridized carbons (Fsp3) is 0.105. The van der Waals surface area contributed by atoms with Crippen LogP contribution in [-0.4, -0.2) is 29.1 Å². The molecular formula is C19H16ClFN4O3S. The van der Waals surface area contributed by atoms with Crippen molar-refractivity contribution in [1.29, 1.82) is 0 Å². The Labute approximate surface area is 174 Å². The second-order valence-electron chi connectivity index (χ2n) is 5.88. The van der Waals surface area contributed by atoms with Crippen molar-refractivity contribution in [2.24, 2.45) is 16.5 Å². The lowest BCUT2D eigenvalue weighted by atomic mass is 10.1. The van der Waals surface area contributed by atoms with E-state index in [-0.39, 0.29) is 21.6 Å². The molecular weight excluding hydrogens is 419 g/mol. The number of hydrogen-bond donors (Lipinski definition) is 3. The van der Waals surface area contributed by atoms with Crippen molar-refractivity contribution in [3.63, 3.8) is 0 Å². The summed E-state index contributed by atoms with van der Waals surface area (Å²) in [7, 11) is 1.55. The molecule has 1 aromatic heterocycles. The maximum Gasteiger partial charge on any atom is 0.334 e. The number of halogens is 2. The van der Waals surface area contributed by atoms with Crippen molar-refractivity contribution in [3.05, 3.63) is 58.2 Å². The van der Waals surface area contributed by atoms with Gasteiger partial charge in [-0.1, -0.05) is 17.7 Å². The summed E-state index contributed by atoms with van der Waals surface area (Å²) in [6.45, 7) is 0. The first kappa shape index (κ1) is 20.6. The van der Waals surface area contributed by atoms with E-state index in [0.29, 0.717) is 16.3 Å². The standard InChI is InChI=1S/C19H16ClFN4O3S/c1-28-11-5-2-9(3-6-11)17-24-14(10-4-7-12(20)13(21)8-10)16(29-17)15(18(26)27)25-19(22)23/h2-8,15H,1H3,(H,26,27)(H4,22,23,25). The molecule has 0 saturated heterocycles. The van der Waals surface area contributed by atoms with Crippen LogP contribution < -0.4 is 16.2 Å². The number of aliphatic carboxylic acids is 1. The Bertz CT molecular complexity index is 1080. The van der Waals surface area contributed by atoms with Crippen molar-refractivity contribution in [3.8, 4) is 27.6 Å². The predicted octanol–water partition coefficient (Wildman–Crippen LogP) is 3.68. The smallest absolute Gasteiger partial charge is 0.334 e. The van der Waals surface area contributed by atoms with E-state index >= 15 is 0 Å². The van der Waals surface area contributed by atoms with E-state index in [1.165, 1.54) is 12.1 Å². The lowest BCUT2D eigenvalue weighted by Crippen LogP contribution is -2.25. The van der Waals surface area contributed by atoms with Gasteiger partial charge in [-0.2, -0.15) is 0 Å². The summed E-state index contributed by atoms with van der Waals surface area (Å²) in [5, 5.41) is 10.1. The Kier molecular flexibility index (Phi) is 6.00. The SMILES string of the molecule is COc1ccc(-c2nc(-c3ccc(Cl)c(F)c3)c(C(N=C(N)N)C(=O)O)s2)cc1. The molecule has 0 aliphatic heterocycles. The van der Waals surface area contributed by atoms with Gasteiger partial charge in [0.25, 0.3) is 0 Å². The second-order valence-corrected chi connectivity index (χ2v) is 7.32. The normalized spacial score (nSPS) is 11.7. The second kappa shape index (κ2) is 8.46. The summed E-state index contributed by atoms with van der Waals surface area (Å²) in [4.78, 5) is 20.4. The van der Waals surface area contributed by atoms with Crippen LogP contribution in [0.3, 0.4) is 0 Å². The van der Waals surface area contributed by atoms with Gasteiger partial charge >= 0.3 is 5.97 Å². The van der Waals surface area contributed by atoms with Crippen molar-refractivity contribution in [1.82, 2.24) is 4.98 Å². The highest BCUT2D eigenvalue weighted by Crippen LogP contribution is 2.40. The highest BCUT2D eigenvalue weighted by atomic mass is 35.5. The van der Waals surface area contributed by atoms with Gasteiger partial charge in [0.1, 0.15) is 16.6 Å². The third-order valence-corrected chi connectivity index (χ3v) is 5.41. The molecule has 150 valence electrons. The fourth-order valence-electron chi connectivity index (χ4n) is 2.60. The molecule has 0 aliphatic carbocycles. The number of nitrogens with zero attached hydrogens (tertiary/aromatic N) is 2. The van der Waals surface area contributed by atoms with Crippen LogP contribution in [0.15, 0.2) is 47.5 Å². The molecule has 1 atom stereocenters. The number of aromatic nitrogens is 1. The number of methoxy groups -OCH3 is 1. The van der Waals surface area contributed by atoms with Crippen LogP contribution in [-0.2, 0) is 4.79 Å². The number of hydrogen-bond acceptors (Lipinski definition) is 5. The largest absolute Gasteiger partial charge is 0.497 e. The zero-order valence-corrected chi connectivity index (χ0v) is 16.7. The van der Waals surface area contributed by atoms with Gasteiger partial charge in [-0.05, 0) is 36.4 Å². The Balaban J connectivity index is 2.20. The number of guanidine groups is 1. The first-order valence-corrected chi connectivity index (χ1v) is 9.41. The van der Waals surface area contributed by atoms with Crippen LogP contribution in [0.2, 0.25) is 5.02 Å². The van der Waals surface area contributed by atoms with E-state index in [0.717, 1.165) is 16.9 Å². The van der Waals surface area contributed by atoms with Crippen molar-refractivity contribution in [2.45, 2.75) is 6.04 Å². The zero-order chi connectivity index (χ0) is 21.1. The molecule has 0 radical (unpaired) electrons. The Hall–Kier alpha value is -3.17. The maximum absolute atomic E-state index is 14.0. The molecule has 1 heterocycles. The van der Waals surface area contributed by atoms with Crippen LogP contribution in [0, 0.1) is 5.82 Å². The molecule has 10 heteroatoms. The molecule has 3 aromatic rings. The first-order chi connectivity index (χ1) is 13.8. The average Bonchev–Trinajstić information content (AvgIpc) is 3.13. The van der Waals surface area contributed by atoms with Gasteiger partial charge in [0.15, 0.2) is 12.0 Å². The van der Waals surface area contributed by atoms with E-state index in [1.807, 2.05) is 0 Å². The van der Waals surface area contributed by atoms with Crippen LogP contribution in [0.1, 0.15) is 10.9 Å². The van der Waals surface area contributed by atoms with Gasteiger partial charge in [0.2, 0.25) is 0 Å². The number of rotatable bonds is 6. The van der Waals surface area contributed by atoms with E-state index in [2.05, 4.69) is 9.98 Å². The van der Waals surface area contributed by atoms with Crippen LogP contribution >= 0.6 is 22.9 Å². The number of thiazole rings is 1. The third kappa shape index (κ3) is 4.47. The summed E-state index contributed by atoms with van der Waals surface area (Å²) in [6, 6.07) is 9.79. The highest BCUT2D eigenvalue weighted by molar-refractivity contribution is 7.15. The number of carbonyl (C=O) groups is 1. The molecule has 0 aliphatic rings. The van der Waals surface area contributed by atoms with Gasteiger partial charge in [-0.15, -0.1) is 11.3 Å². The van der Waals surface area contributed by atoms with Crippen molar-refractivity contribution >= 4 is 34.9 Å². The lowest BCUT2D eigenvalue weighted by Gasteiger charge is -2.08. The summed E-state index contributed by atoms with van der Waals surface area (Å²) < 4.78 is 19.2. The fourth-order valence-corrected chi connectivity index (χ4v) is 3.84. The number of carboxylic acids is 1. The predicted molar refractivity (Wildman–Crippen MR) is 111 cm³/mol. The van der Waals surface area contributed by atoms with E-state index in [9.17, 15) is 14.3 Å². The number of nitrogens with two attached hydrogens (primary N) is 2. The van der Waals surface area contributed by atoms with Gasteiger partial charge in [-0.3, -0.25) is 0 Å². The quantitative estimate of drug-likeness (QED) is 0.401. The maximum atomic E-state index is 14.0. The summed E-state index contributed by atoms with van der Waals surface area (Å²) in [6.07, 6.45) is 0. The third-order valence-electron chi connectivity index (χ3n) is 3.94. The van der Waals surface area contributed by atoms with Gasteiger partial charge in [0, 0.05) is 11.1 Å². The molecule has 0 saturated carbocycles. The van der Waals surface area contributed by atoms with Gasteiger partial charge in [0.05, 0.1) is 22.7 Å². The van der Waals surface area contributed by atoms with E-state index < -0.39 is 17.8 Å². The van der Waals surface area contributed by atoms with Gasteiger partial charge in [-0.25, -0.2) is 19.2 Å². The topological polar surface area (TPSA) is 124 Å². The molecule has 7 nitrogen and oxygen atoms in total. The highest BCUT2D eigenvalue weighted by Gasteiger charge is 2.28. The molecule has 5 N–H and O–H groups in total. The zero-order valence-electron chi connectivity index (χ0n) is 15.1. The minimum atomic E-state index is -1.39. The molecule has 1 unspecified atom stereocenters. The monoisotopic (exact) mass is 434 g/mol. The summed E-state index contributed by atoms with van der Waals surface area (Å²) >= 11 is 6.87. The summed E-state index contributed by atoms with van der Waals surface area (Å²) in [5.41, 5.74) is 12.2. The number of aliphatic imine (C=N–C) groups is 1. The van der Waals surface area contributed by atoms with Crippen molar-refractivity contribution < 1.29 is 19.0 Å². The first-order valence-electron chi connectivity index (χ1n) is 8.22. The molecule has 0 fully saturated rings. The molecule has 3 rings (SSSR count). The Morgan fingerprint density at radius 2 is 1.90 bits per heavy atom. The Morgan fingerprint density at radius 1 is 1.24 bits per heavy atom. The molecule has 2 aromatic carbocycles. The molecule has 0 spiro atoms. The van der Waals surface area contributed by atoms with Gasteiger partial charge < -0.3 is 21.3 Å². The molecule has 29 heavy (non-hydrogen) atoms.